The van der Waals surface area contributed by atoms with Gasteiger partial charge in [0, 0.05) is 5.56 Å². The molecule has 4 aliphatic rings. The van der Waals surface area contributed by atoms with Crippen LogP contribution in [0.2, 0.25) is 0 Å². The van der Waals surface area contributed by atoms with Crippen LogP contribution in [0, 0.1) is 17.8 Å². The molecular weight excluding hydrogens is 440 g/mol. The SMILES string of the molecule is COc1ccc(-c2ccc(/C=C(\Br)C(=O)O)cc2)cc1C12CC3CC(CC(C3)C1)C2. The molecule has 2 aromatic carbocycles. The Morgan fingerprint density at radius 2 is 1.57 bits per heavy atom. The summed E-state index contributed by atoms with van der Waals surface area (Å²) in [6.07, 6.45) is 9.86. The fourth-order valence-corrected chi connectivity index (χ4v) is 6.99. The summed E-state index contributed by atoms with van der Waals surface area (Å²) in [7, 11) is 1.79. The van der Waals surface area contributed by atoms with E-state index in [0.29, 0.717) is 0 Å². The van der Waals surface area contributed by atoms with Crippen molar-refractivity contribution in [2.24, 2.45) is 17.8 Å². The van der Waals surface area contributed by atoms with Crippen LogP contribution in [0.5, 0.6) is 5.75 Å². The third kappa shape index (κ3) is 3.49. The molecule has 0 unspecified atom stereocenters. The second kappa shape index (κ2) is 7.56. The normalized spacial score (nSPS) is 29.8. The van der Waals surface area contributed by atoms with Gasteiger partial charge in [-0.3, -0.25) is 0 Å². The Morgan fingerprint density at radius 3 is 2.10 bits per heavy atom. The quantitative estimate of drug-likeness (QED) is 0.501. The van der Waals surface area contributed by atoms with Gasteiger partial charge in [-0.05, 0) is 113 Å². The second-order valence-corrected chi connectivity index (χ2v) is 10.4. The maximum absolute atomic E-state index is 11.0. The Hall–Kier alpha value is -2.07. The van der Waals surface area contributed by atoms with Crippen molar-refractivity contribution in [3.8, 4) is 16.9 Å². The zero-order valence-corrected chi connectivity index (χ0v) is 18.8. The number of carboxylic acids is 1. The van der Waals surface area contributed by atoms with Crippen molar-refractivity contribution in [2.45, 2.75) is 43.9 Å². The summed E-state index contributed by atoms with van der Waals surface area (Å²) in [6, 6.07) is 14.7. The molecule has 0 radical (unpaired) electrons. The summed E-state index contributed by atoms with van der Waals surface area (Å²) in [6.45, 7) is 0. The van der Waals surface area contributed by atoms with E-state index in [0.717, 1.165) is 34.6 Å². The first-order chi connectivity index (χ1) is 14.5. The Labute approximate surface area is 186 Å². The minimum absolute atomic E-state index is 0.156. The largest absolute Gasteiger partial charge is 0.496 e. The van der Waals surface area contributed by atoms with Crippen LogP contribution < -0.4 is 4.74 Å². The van der Waals surface area contributed by atoms with Gasteiger partial charge in [-0.1, -0.05) is 30.3 Å². The van der Waals surface area contributed by atoms with Gasteiger partial charge in [0.1, 0.15) is 10.2 Å². The lowest BCUT2D eigenvalue weighted by Crippen LogP contribution is -2.48. The molecule has 0 amide bonds. The fourth-order valence-electron chi connectivity index (χ4n) is 6.72. The highest BCUT2D eigenvalue weighted by molar-refractivity contribution is 9.12. The van der Waals surface area contributed by atoms with Crippen LogP contribution in [0.15, 0.2) is 46.9 Å². The molecule has 0 aromatic heterocycles. The van der Waals surface area contributed by atoms with Crippen LogP contribution in [0.1, 0.15) is 49.7 Å². The van der Waals surface area contributed by atoms with E-state index in [9.17, 15) is 4.79 Å². The number of carboxylic acid groups (broad SMARTS) is 1. The average Bonchev–Trinajstić information content (AvgIpc) is 2.73. The van der Waals surface area contributed by atoms with Gasteiger partial charge in [0.15, 0.2) is 0 Å². The standard InChI is InChI=1S/C26H27BrO3/c1-30-24-7-6-21(20-4-2-16(3-5-20)11-23(27)25(28)29)12-22(24)26-13-17-8-18(14-26)10-19(9-17)15-26/h2-7,11-12,17-19H,8-10,13-15H2,1H3,(H,28,29)/b23-11-. The Bertz CT molecular complexity index is 970. The van der Waals surface area contributed by atoms with Crippen LogP contribution in [-0.2, 0) is 10.2 Å². The molecule has 30 heavy (non-hydrogen) atoms. The molecule has 4 bridgehead atoms. The second-order valence-electron chi connectivity index (χ2n) is 9.53. The third-order valence-electron chi connectivity index (χ3n) is 7.55. The smallest absolute Gasteiger partial charge is 0.342 e. The number of rotatable bonds is 5. The first kappa shape index (κ1) is 19.9. The topological polar surface area (TPSA) is 46.5 Å². The zero-order valence-electron chi connectivity index (χ0n) is 17.2. The fraction of sp³-hybridized carbons (Fsp3) is 0.423. The molecule has 1 N–H and O–H groups in total. The van der Waals surface area contributed by atoms with E-state index in [1.54, 1.807) is 13.2 Å². The maximum atomic E-state index is 11.0. The van der Waals surface area contributed by atoms with E-state index in [2.05, 4.69) is 46.3 Å². The van der Waals surface area contributed by atoms with E-state index in [-0.39, 0.29) is 9.90 Å². The van der Waals surface area contributed by atoms with E-state index in [4.69, 9.17) is 9.84 Å². The monoisotopic (exact) mass is 466 g/mol. The zero-order chi connectivity index (χ0) is 20.9. The van der Waals surface area contributed by atoms with Crippen molar-refractivity contribution in [1.29, 1.82) is 0 Å². The van der Waals surface area contributed by atoms with Crippen molar-refractivity contribution in [1.82, 2.24) is 0 Å². The molecule has 4 aliphatic carbocycles. The minimum Gasteiger partial charge on any atom is -0.496 e. The van der Waals surface area contributed by atoms with Gasteiger partial charge in [-0.2, -0.15) is 0 Å². The number of hydrogen-bond donors (Lipinski definition) is 1. The molecule has 0 heterocycles. The van der Waals surface area contributed by atoms with Gasteiger partial charge in [0.05, 0.1) is 7.11 Å². The van der Waals surface area contributed by atoms with Crippen LogP contribution in [0.3, 0.4) is 0 Å². The highest BCUT2D eigenvalue weighted by Crippen LogP contribution is 2.62. The number of aliphatic carboxylic acids is 1. The summed E-state index contributed by atoms with van der Waals surface area (Å²) < 4.78 is 6.00. The molecule has 0 saturated heterocycles. The van der Waals surface area contributed by atoms with E-state index in [1.165, 1.54) is 49.7 Å². The van der Waals surface area contributed by atoms with Crippen LogP contribution in [0.25, 0.3) is 17.2 Å². The van der Waals surface area contributed by atoms with Crippen LogP contribution in [-0.4, -0.2) is 18.2 Å². The van der Waals surface area contributed by atoms with Crippen molar-refractivity contribution < 1.29 is 14.6 Å². The van der Waals surface area contributed by atoms with E-state index >= 15 is 0 Å². The Morgan fingerprint density at radius 1 is 1.00 bits per heavy atom. The Balaban J connectivity index is 1.50. The lowest BCUT2D eigenvalue weighted by atomic mass is 9.48. The lowest BCUT2D eigenvalue weighted by Gasteiger charge is -2.57. The summed E-state index contributed by atoms with van der Waals surface area (Å²) in [4.78, 5) is 11.0. The van der Waals surface area contributed by atoms with Crippen LogP contribution >= 0.6 is 15.9 Å². The predicted molar refractivity (Wildman–Crippen MR) is 123 cm³/mol. The molecular formula is C26H27BrO3. The highest BCUT2D eigenvalue weighted by Gasteiger charge is 2.52. The van der Waals surface area contributed by atoms with Gasteiger partial charge in [-0.25, -0.2) is 4.79 Å². The summed E-state index contributed by atoms with van der Waals surface area (Å²) in [5.74, 6) is 2.75. The highest BCUT2D eigenvalue weighted by atomic mass is 79.9. The number of hydrogen-bond acceptors (Lipinski definition) is 2. The summed E-state index contributed by atoms with van der Waals surface area (Å²) in [5, 5.41) is 9.05. The molecule has 2 aromatic rings. The van der Waals surface area contributed by atoms with Crippen molar-refractivity contribution in [3.05, 3.63) is 58.1 Å². The van der Waals surface area contributed by atoms with Gasteiger partial charge < -0.3 is 9.84 Å². The molecule has 4 heteroatoms. The Kier molecular flexibility index (Phi) is 5.01. The molecule has 0 aliphatic heterocycles. The van der Waals surface area contributed by atoms with Crippen molar-refractivity contribution in [2.75, 3.05) is 7.11 Å². The summed E-state index contributed by atoms with van der Waals surface area (Å²) in [5.41, 5.74) is 4.90. The first-order valence-electron chi connectivity index (χ1n) is 10.9. The predicted octanol–water partition coefficient (Wildman–Crippen LogP) is 6.65. The van der Waals surface area contributed by atoms with E-state index < -0.39 is 5.97 Å². The summed E-state index contributed by atoms with van der Waals surface area (Å²) >= 11 is 3.09. The molecule has 0 atom stereocenters. The number of methoxy groups -OCH3 is 1. The molecule has 4 fully saturated rings. The van der Waals surface area contributed by atoms with Gasteiger partial charge in [0.25, 0.3) is 0 Å². The van der Waals surface area contributed by atoms with Crippen molar-refractivity contribution in [3.63, 3.8) is 0 Å². The molecule has 156 valence electrons. The van der Waals surface area contributed by atoms with E-state index in [1.807, 2.05) is 12.1 Å². The number of carbonyl (C=O) groups is 1. The average molecular weight is 467 g/mol. The molecule has 3 nitrogen and oxygen atoms in total. The van der Waals surface area contributed by atoms with Gasteiger partial charge >= 0.3 is 5.97 Å². The maximum Gasteiger partial charge on any atom is 0.342 e. The van der Waals surface area contributed by atoms with Gasteiger partial charge in [-0.15, -0.1) is 0 Å². The number of benzene rings is 2. The number of ether oxygens (including phenoxy) is 1. The first-order valence-corrected chi connectivity index (χ1v) is 11.6. The van der Waals surface area contributed by atoms with Gasteiger partial charge in [0.2, 0.25) is 0 Å². The molecule has 4 saturated carbocycles. The lowest BCUT2D eigenvalue weighted by molar-refractivity contribution is -0.131. The van der Waals surface area contributed by atoms with Crippen LogP contribution in [0.4, 0.5) is 0 Å². The molecule has 0 spiro atoms. The molecule has 6 rings (SSSR count). The third-order valence-corrected chi connectivity index (χ3v) is 8.12. The minimum atomic E-state index is -0.963. The number of halogens is 1. The van der Waals surface area contributed by atoms with Crippen molar-refractivity contribution >= 4 is 28.0 Å².